The van der Waals surface area contributed by atoms with Gasteiger partial charge in [0, 0.05) is 25.7 Å². The summed E-state index contributed by atoms with van der Waals surface area (Å²) >= 11 is 0. The van der Waals surface area contributed by atoms with Crippen LogP contribution in [0, 0.1) is 11.3 Å². The van der Waals surface area contributed by atoms with Crippen molar-refractivity contribution < 1.29 is 13.2 Å². The molecule has 0 amide bonds. The zero-order valence-corrected chi connectivity index (χ0v) is 11.1. The van der Waals surface area contributed by atoms with Crippen LogP contribution in [0.25, 0.3) is 0 Å². The van der Waals surface area contributed by atoms with E-state index in [0.29, 0.717) is 5.69 Å². The lowest BCUT2D eigenvalue weighted by atomic mass is 10.3. The van der Waals surface area contributed by atoms with Crippen molar-refractivity contribution in [2.24, 2.45) is 0 Å². The van der Waals surface area contributed by atoms with Crippen LogP contribution in [0.2, 0.25) is 0 Å². The van der Waals surface area contributed by atoms with Gasteiger partial charge in [-0.3, -0.25) is 0 Å². The number of methoxy groups -OCH3 is 1. The number of benzene rings is 1. The Labute approximate surface area is 107 Å². The summed E-state index contributed by atoms with van der Waals surface area (Å²) < 4.78 is 30.6. The lowest BCUT2D eigenvalue weighted by molar-refractivity contribution is 0.398. The zero-order chi connectivity index (χ0) is 13.8. The molecule has 6 nitrogen and oxygen atoms in total. The molecule has 0 saturated carbocycles. The van der Waals surface area contributed by atoms with Gasteiger partial charge in [-0.05, 0) is 18.2 Å². The molecule has 98 valence electrons. The number of nitriles is 1. The summed E-state index contributed by atoms with van der Waals surface area (Å²) in [4.78, 5) is 0.00504. The zero-order valence-electron chi connectivity index (χ0n) is 10.3. The highest BCUT2D eigenvalue weighted by atomic mass is 32.2. The standard InChI is InChI=1S/C11H15N3O3S/c1-14(7-3-6-12)18(15,16)11-8-9(13)4-5-10(11)17-2/h4-5,8H,3,7,13H2,1-2H3. The predicted octanol–water partition coefficient (Wildman–Crippen LogP) is 0.812. The first kappa shape index (κ1) is 14.3. The van der Waals surface area contributed by atoms with Gasteiger partial charge >= 0.3 is 0 Å². The van der Waals surface area contributed by atoms with Crippen LogP contribution in [-0.4, -0.2) is 33.4 Å². The van der Waals surface area contributed by atoms with Gasteiger partial charge in [-0.2, -0.15) is 9.57 Å². The Kier molecular flexibility index (Phi) is 4.53. The van der Waals surface area contributed by atoms with E-state index in [-0.39, 0.29) is 23.6 Å². The number of sulfonamides is 1. The van der Waals surface area contributed by atoms with Gasteiger partial charge in [0.15, 0.2) is 0 Å². The fourth-order valence-electron chi connectivity index (χ4n) is 1.39. The second-order valence-electron chi connectivity index (χ2n) is 3.64. The molecule has 0 heterocycles. The number of hydrogen-bond acceptors (Lipinski definition) is 5. The van der Waals surface area contributed by atoms with Crippen LogP contribution in [0.3, 0.4) is 0 Å². The maximum atomic E-state index is 12.3. The van der Waals surface area contributed by atoms with Crippen molar-refractivity contribution >= 4 is 15.7 Å². The molecule has 7 heteroatoms. The van der Waals surface area contributed by atoms with Gasteiger partial charge in [-0.15, -0.1) is 0 Å². The molecule has 0 saturated heterocycles. The van der Waals surface area contributed by atoms with E-state index in [0.717, 1.165) is 4.31 Å². The molecule has 0 aliphatic rings. The summed E-state index contributed by atoms with van der Waals surface area (Å²) in [7, 11) is -0.899. The first-order valence-corrected chi connectivity index (χ1v) is 6.64. The lowest BCUT2D eigenvalue weighted by Gasteiger charge is -2.17. The van der Waals surface area contributed by atoms with Crippen LogP contribution in [0.15, 0.2) is 23.1 Å². The lowest BCUT2D eigenvalue weighted by Crippen LogP contribution is -2.28. The Bertz CT molecular complexity index is 563. The number of nitrogen functional groups attached to an aromatic ring is 1. The van der Waals surface area contributed by atoms with Gasteiger partial charge in [0.05, 0.1) is 13.2 Å². The molecule has 0 aliphatic carbocycles. The van der Waals surface area contributed by atoms with Crippen LogP contribution in [0.5, 0.6) is 5.75 Å². The predicted molar refractivity (Wildman–Crippen MR) is 67.5 cm³/mol. The summed E-state index contributed by atoms with van der Waals surface area (Å²) in [6.45, 7) is 0.122. The fourth-order valence-corrected chi connectivity index (χ4v) is 2.75. The minimum Gasteiger partial charge on any atom is -0.495 e. The number of ether oxygens (including phenoxy) is 1. The van der Waals surface area contributed by atoms with Crippen molar-refractivity contribution in [3.05, 3.63) is 18.2 Å². The van der Waals surface area contributed by atoms with E-state index in [1.807, 2.05) is 6.07 Å². The van der Waals surface area contributed by atoms with Crippen LogP contribution >= 0.6 is 0 Å². The summed E-state index contributed by atoms with van der Waals surface area (Å²) in [5.74, 6) is 0.230. The molecular formula is C11H15N3O3S. The van der Waals surface area contributed by atoms with Gasteiger partial charge in [-0.1, -0.05) is 0 Å². The highest BCUT2D eigenvalue weighted by Gasteiger charge is 2.24. The molecule has 1 aromatic carbocycles. The number of nitrogens with zero attached hydrogens (tertiary/aromatic N) is 2. The Morgan fingerprint density at radius 2 is 2.17 bits per heavy atom. The molecule has 0 spiro atoms. The van der Waals surface area contributed by atoms with E-state index in [9.17, 15) is 8.42 Å². The first-order valence-electron chi connectivity index (χ1n) is 5.20. The number of anilines is 1. The third-order valence-electron chi connectivity index (χ3n) is 2.41. The molecule has 0 unspecified atom stereocenters. The smallest absolute Gasteiger partial charge is 0.246 e. The molecule has 0 bridgehead atoms. The van der Waals surface area contributed by atoms with E-state index in [4.69, 9.17) is 15.7 Å². The third-order valence-corrected chi connectivity index (χ3v) is 4.29. The minimum atomic E-state index is -3.70. The van der Waals surface area contributed by atoms with Crippen LogP contribution < -0.4 is 10.5 Å². The third kappa shape index (κ3) is 2.91. The Balaban J connectivity index is 3.19. The SMILES string of the molecule is COc1ccc(N)cc1S(=O)(=O)N(C)CCC#N. The van der Waals surface area contributed by atoms with Gasteiger partial charge in [0.25, 0.3) is 0 Å². The largest absolute Gasteiger partial charge is 0.495 e. The van der Waals surface area contributed by atoms with E-state index in [2.05, 4.69) is 0 Å². The monoisotopic (exact) mass is 269 g/mol. The van der Waals surface area contributed by atoms with Crippen molar-refractivity contribution in [1.29, 1.82) is 5.26 Å². The Morgan fingerprint density at radius 1 is 1.50 bits per heavy atom. The van der Waals surface area contributed by atoms with Crippen LogP contribution in [0.4, 0.5) is 5.69 Å². The molecule has 0 aromatic heterocycles. The van der Waals surface area contributed by atoms with Crippen molar-refractivity contribution in [2.45, 2.75) is 11.3 Å². The van der Waals surface area contributed by atoms with Gasteiger partial charge < -0.3 is 10.5 Å². The van der Waals surface area contributed by atoms with E-state index in [1.54, 1.807) is 6.07 Å². The van der Waals surface area contributed by atoms with Gasteiger partial charge in [0.2, 0.25) is 10.0 Å². The summed E-state index contributed by atoms with van der Waals surface area (Å²) in [5, 5.41) is 8.48. The second kappa shape index (κ2) is 5.71. The highest BCUT2D eigenvalue weighted by Crippen LogP contribution is 2.28. The van der Waals surface area contributed by atoms with Gasteiger partial charge in [-0.25, -0.2) is 8.42 Å². The summed E-state index contributed by atoms with van der Waals surface area (Å²) in [6.07, 6.45) is 0.125. The van der Waals surface area contributed by atoms with Gasteiger partial charge in [0.1, 0.15) is 10.6 Å². The molecule has 1 rings (SSSR count). The first-order chi connectivity index (χ1) is 8.43. The van der Waals surface area contributed by atoms with Crippen molar-refractivity contribution in [1.82, 2.24) is 4.31 Å². The molecule has 0 fully saturated rings. The molecule has 0 radical (unpaired) electrons. The fraction of sp³-hybridized carbons (Fsp3) is 0.364. The number of hydrogen-bond donors (Lipinski definition) is 1. The Hall–Kier alpha value is -1.78. The minimum absolute atomic E-state index is 0.00504. The van der Waals surface area contributed by atoms with E-state index in [1.165, 1.54) is 26.3 Å². The molecule has 1 aromatic rings. The maximum absolute atomic E-state index is 12.3. The number of nitrogens with two attached hydrogens (primary N) is 1. The number of rotatable bonds is 5. The Morgan fingerprint density at radius 3 is 2.72 bits per heavy atom. The van der Waals surface area contributed by atoms with Crippen LogP contribution in [-0.2, 0) is 10.0 Å². The van der Waals surface area contributed by atoms with Crippen molar-refractivity contribution in [3.8, 4) is 11.8 Å². The molecule has 2 N–H and O–H groups in total. The summed E-state index contributed by atoms with van der Waals surface area (Å²) in [6, 6.07) is 6.31. The second-order valence-corrected chi connectivity index (χ2v) is 5.66. The highest BCUT2D eigenvalue weighted by molar-refractivity contribution is 7.89. The van der Waals surface area contributed by atoms with Crippen molar-refractivity contribution in [3.63, 3.8) is 0 Å². The average molecular weight is 269 g/mol. The quantitative estimate of drug-likeness (QED) is 0.798. The van der Waals surface area contributed by atoms with Crippen LogP contribution in [0.1, 0.15) is 6.42 Å². The summed E-state index contributed by atoms with van der Waals surface area (Å²) in [5.41, 5.74) is 5.92. The average Bonchev–Trinajstić information content (AvgIpc) is 2.35. The molecule has 18 heavy (non-hydrogen) atoms. The molecule has 0 aliphatic heterocycles. The topological polar surface area (TPSA) is 96.4 Å². The molecule has 0 atom stereocenters. The molecular weight excluding hydrogens is 254 g/mol. The maximum Gasteiger partial charge on any atom is 0.246 e. The normalized spacial score (nSPS) is 11.2. The van der Waals surface area contributed by atoms with E-state index >= 15 is 0 Å². The van der Waals surface area contributed by atoms with E-state index < -0.39 is 10.0 Å². The van der Waals surface area contributed by atoms with Crippen molar-refractivity contribution in [2.75, 3.05) is 26.4 Å².